The molecule has 0 spiro atoms. The number of amides is 1. The number of aryl methyl sites for hydroxylation is 3. The molecule has 1 aliphatic rings. The van der Waals surface area contributed by atoms with Crippen LogP contribution in [0.15, 0.2) is 46.0 Å². The van der Waals surface area contributed by atoms with Crippen molar-refractivity contribution in [2.45, 2.75) is 53.7 Å². The molecule has 4 aromatic rings. The van der Waals surface area contributed by atoms with Crippen LogP contribution in [0.25, 0.3) is 11.1 Å². The molecular weight excluding hydrogens is 496 g/mol. The third-order valence-electron chi connectivity index (χ3n) is 7.36. The number of nitrogens with one attached hydrogen (secondary N) is 1. The maximum atomic E-state index is 12.8. The van der Waals surface area contributed by atoms with E-state index in [4.69, 9.17) is 4.52 Å². The molecule has 10 nitrogen and oxygen atoms in total. The number of hydrogen-bond acceptors (Lipinski definition) is 7. The highest BCUT2D eigenvalue weighted by molar-refractivity contribution is 5.81. The molecule has 39 heavy (non-hydrogen) atoms. The van der Waals surface area contributed by atoms with Crippen LogP contribution in [0.2, 0.25) is 0 Å². The maximum absolute atomic E-state index is 12.8. The van der Waals surface area contributed by atoms with Gasteiger partial charge in [-0.05, 0) is 61.4 Å². The average molecular weight is 531 g/mol. The van der Waals surface area contributed by atoms with E-state index in [1.54, 1.807) is 49.5 Å². The fourth-order valence-electron chi connectivity index (χ4n) is 5.59. The number of aromatic nitrogens is 4. The lowest BCUT2D eigenvalue weighted by atomic mass is 9.90. The first-order chi connectivity index (χ1) is 18.6. The van der Waals surface area contributed by atoms with E-state index in [2.05, 4.69) is 46.9 Å². The molecule has 0 fully saturated rings. The predicted molar refractivity (Wildman–Crippen MR) is 149 cm³/mol. The second kappa shape index (κ2) is 10.2. The molecule has 204 valence electrons. The molecule has 4 heterocycles. The van der Waals surface area contributed by atoms with Crippen molar-refractivity contribution < 1.29 is 14.4 Å². The molecule has 0 saturated heterocycles. The number of aliphatic hydroxyl groups is 1. The van der Waals surface area contributed by atoms with Gasteiger partial charge in [-0.15, -0.1) is 0 Å². The first kappa shape index (κ1) is 26.4. The van der Waals surface area contributed by atoms with Gasteiger partial charge in [0.15, 0.2) is 5.82 Å². The van der Waals surface area contributed by atoms with Crippen LogP contribution < -0.4 is 15.8 Å². The summed E-state index contributed by atoms with van der Waals surface area (Å²) < 4.78 is 8.85. The van der Waals surface area contributed by atoms with Crippen LogP contribution in [0.5, 0.6) is 0 Å². The Morgan fingerprint density at radius 2 is 2.03 bits per heavy atom. The lowest BCUT2D eigenvalue weighted by molar-refractivity contribution is -0.107. The quantitative estimate of drug-likeness (QED) is 0.315. The van der Waals surface area contributed by atoms with Crippen molar-refractivity contribution >= 4 is 23.7 Å². The highest BCUT2D eigenvalue weighted by atomic mass is 16.5. The van der Waals surface area contributed by atoms with E-state index in [9.17, 15) is 14.7 Å². The topological polar surface area (TPSA) is 118 Å². The van der Waals surface area contributed by atoms with Crippen molar-refractivity contribution in [2.24, 2.45) is 12.5 Å². The fourth-order valence-corrected chi connectivity index (χ4v) is 5.59. The van der Waals surface area contributed by atoms with Gasteiger partial charge in [0.2, 0.25) is 6.41 Å². The van der Waals surface area contributed by atoms with Crippen LogP contribution in [0, 0.1) is 19.3 Å². The molecular formula is C29H34N6O4. The highest BCUT2D eigenvalue weighted by Gasteiger charge is 2.32. The van der Waals surface area contributed by atoms with Crippen LogP contribution in [0.3, 0.4) is 0 Å². The molecule has 10 heteroatoms. The first-order valence-corrected chi connectivity index (χ1v) is 13.0. The van der Waals surface area contributed by atoms with Gasteiger partial charge in [-0.25, -0.2) is 4.98 Å². The van der Waals surface area contributed by atoms with Gasteiger partial charge in [0, 0.05) is 61.1 Å². The zero-order valence-corrected chi connectivity index (χ0v) is 23.0. The maximum Gasteiger partial charge on any atom is 0.274 e. The second-order valence-corrected chi connectivity index (χ2v) is 11.1. The summed E-state index contributed by atoms with van der Waals surface area (Å²) in [7, 11) is 1.66. The number of aliphatic hydroxyl groups excluding tert-OH is 1. The molecule has 0 atom stereocenters. The van der Waals surface area contributed by atoms with Gasteiger partial charge in [0.05, 0.1) is 6.61 Å². The van der Waals surface area contributed by atoms with E-state index in [1.807, 2.05) is 0 Å². The Labute approximate surface area is 226 Å². The van der Waals surface area contributed by atoms with Gasteiger partial charge < -0.3 is 24.1 Å². The summed E-state index contributed by atoms with van der Waals surface area (Å²) in [5.74, 6) is 1.42. The summed E-state index contributed by atoms with van der Waals surface area (Å²) >= 11 is 0. The third-order valence-corrected chi connectivity index (χ3v) is 7.36. The van der Waals surface area contributed by atoms with Crippen molar-refractivity contribution in [2.75, 3.05) is 16.8 Å². The molecule has 2 N–H and O–H groups in total. The SMILES string of the molecule is Cc1cc(Nc2cc(-c3ccnc(N(C=O)CCn4c(C)cc5c4CC(C)(C)C5)c3CO)cn(C)c2=O)no1. The molecule has 0 unspecified atom stereocenters. The minimum atomic E-state index is -0.330. The Bertz CT molecular complexity index is 1600. The number of pyridine rings is 2. The Kier molecular flexibility index (Phi) is 6.90. The Balaban J connectivity index is 1.46. The number of rotatable bonds is 9. The molecule has 0 aromatic carbocycles. The summed E-state index contributed by atoms with van der Waals surface area (Å²) in [5.41, 5.74) is 6.04. The van der Waals surface area contributed by atoms with Gasteiger partial charge in [-0.3, -0.25) is 14.5 Å². The smallest absolute Gasteiger partial charge is 0.274 e. The third kappa shape index (κ3) is 5.12. The van der Waals surface area contributed by atoms with E-state index in [0.717, 1.165) is 19.3 Å². The Hall–Kier alpha value is -4.18. The van der Waals surface area contributed by atoms with Gasteiger partial charge in [0.1, 0.15) is 17.3 Å². The Morgan fingerprint density at radius 1 is 1.23 bits per heavy atom. The van der Waals surface area contributed by atoms with E-state index in [0.29, 0.717) is 52.9 Å². The molecule has 0 radical (unpaired) electrons. The molecule has 1 amide bonds. The zero-order chi connectivity index (χ0) is 27.9. The van der Waals surface area contributed by atoms with Crippen LogP contribution in [-0.4, -0.2) is 37.3 Å². The van der Waals surface area contributed by atoms with Gasteiger partial charge in [-0.1, -0.05) is 19.0 Å². The number of carbonyl (C=O) groups excluding carboxylic acids is 1. The number of carbonyl (C=O) groups is 1. The number of nitrogens with zero attached hydrogens (tertiary/aromatic N) is 5. The van der Waals surface area contributed by atoms with E-state index >= 15 is 0 Å². The number of hydrogen-bond donors (Lipinski definition) is 2. The van der Waals surface area contributed by atoms with Crippen molar-refractivity contribution in [3.05, 3.63) is 75.3 Å². The van der Waals surface area contributed by atoms with Crippen LogP contribution >= 0.6 is 0 Å². The minimum absolute atomic E-state index is 0.237. The second-order valence-electron chi connectivity index (χ2n) is 11.1. The van der Waals surface area contributed by atoms with Crippen molar-refractivity contribution in [3.63, 3.8) is 0 Å². The lowest BCUT2D eigenvalue weighted by Crippen LogP contribution is -2.29. The number of fused-ring (bicyclic) bond motifs is 1. The lowest BCUT2D eigenvalue weighted by Gasteiger charge is -2.23. The molecule has 1 aliphatic carbocycles. The van der Waals surface area contributed by atoms with E-state index in [1.165, 1.54) is 21.5 Å². The minimum Gasteiger partial charge on any atom is -0.392 e. The normalized spacial score (nSPS) is 13.9. The largest absolute Gasteiger partial charge is 0.392 e. The molecule has 0 saturated carbocycles. The van der Waals surface area contributed by atoms with Crippen LogP contribution in [0.1, 0.15) is 42.1 Å². The molecule has 4 aromatic heterocycles. The van der Waals surface area contributed by atoms with Gasteiger partial charge in [0.25, 0.3) is 5.56 Å². The summed E-state index contributed by atoms with van der Waals surface area (Å²) in [6.45, 7) is 9.12. The van der Waals surface area contributed by atoms with Crippen LogP contribution in [0.4, 0.5) is 17.3 Å². The van der Waals surface area contributed by atoms with Crippen molar-refractivity contribution in [1.82, 2.24) is 19.3 Å². The first-order valence-electron chi connectivity index (χ1n) is 13.0. The zero-order valence-electron chi connectivity index (χ0n) is 23.0. The van der Waals surface area contributed by atoms with Crippen molar-refractivity contribution in [3.8, 4) is 11.1 Å². The van der Waals surface area contributed by atoms with E-state index < -0.39 is 0 Å². The average Bonchev–Trinajstić information content (AvgIpc) is 3.52. The standard InChI is InChI=1S/C29H34N6O4/c1-18-10-20-13-29(3,4)14-25(20)35(18)9-8-34(17-37)27-23(16-36)22(6-7-30-27)21-12-24(28(38)33(5)15-21)31-26-11-19(2)39-32-26/h6-7,10-12,15,17,36H,8-9,13-14,16H2,1-5H3,(H,31,32). The van der Waals surface area contributed by atoms with Gasteiger partial charge in [-0.2, -0.15) is 0 Å². The number of anilines is 3. The highest BCUT2D eigenvalue weighted by Crippen LogP contribution is 2.38. The van der Waals surface area contributed by atoms with Crippen LogP contribution in [-0.2, 0) is 37.8 Å². The molecule has 0 aliphatic heterocycles. The van der Waals surface area contributed by atoms with E-state index in [-0.39, 0.29) is 17.6 Å². The summed E-state index contributed by atoms with van der Waals surface area (Å²) in [5, 5.41) is 17.3. The Morgan fingerprint density at radius 3 is 2.72 bits per heavy atom. The summed E-state index contributed by atoms with van der Waals surface area (Å²) in [6, 6.07) is 7.41. The predicted octanol–water partition coefficient (Wildman–Crippen LogP) is 3.88. The monoisotopic (exact) mass is 530 g/mol. The molecule has 5 rings (SSSR count). The van der Waals surface area contributed by atoms with Gasteiger partial charge >= 0.3 is 0 Å². The fraction of sp³-hybridized carbons (Fsp3) is 0.379. The summed E-state index contributed by atoms with van der Waals surface area (Å²) in [6.07, 6.45) is 6.12. The van der Waals surface area contributed by atoms with Crippen molar-refractivity contribution in [1.29, 1.82) is 0 Å². The molecule has 0 bridgehead atoms. The summed E-state index contributed by atoms with van der Waals surface area (Å²) in [4.78, 5) is 31.1.